The molecule has 0 bridgehead atoms. The summed E-state index contributed by atoms with van der Waals surface area (Å²) in [6, 6.07) is 8.25. The minimum atomic E-state index is -0.415. The van der Waals surface area contributed by atoms with Crippen LogP contribution in [0.4, 0.5) is 0 Å². The van der Waals surface area contributed by atoms with Crippen LogP contribution in [0.3, 0.4) is 0 Å². The molecule has 0 N–H and O–H groups in total. The first-order valence-corrected chi connectivity index (χ1v) is 9.94. The summed E-state index contributed by atoms with van der Waals surface area (Å²) >= 11 is 7.29. The van der Waals surface area contributed by atoms with E-state index in [1.54, 1.807) is 24.3 Å². The van der Waals surface area contributed by atoms with E-state index in [0.717, 1.165) is 25.1 Å². The number of ether oxygens (including phenoxy) is 1. The number of hydrogen-bond acceptors (Lipinski definition) is 6. The third-order valence-electron chi connectivity index (χ3n) is 4.73. The Hall–Kier alpha value is -2.01. The van der Waals surface area contributed by atoms with Gasteiger partial charge in [0, 0.05) is 23.2 Å². The molecule has 0 saturated carbocycles. The molecule has 1 aliphatic heterocycles. The lowest BCUT2D eigenvalue weighted by Crippen LogP contribution is -2.28. The molecule has 0 amide bonds. The third kappa shape index (κ3) is 3.58. The summed E-state index contributed by atoms with van der Waals surface area (Å²) in [5.74, 6) is -0.415. The van der Waals surface area contributed by atoms with Crippen molar-refractivity contribution in [2.45, 2.75) is 39.4 Å². The Morgan fingerprint density at radius 2 is 2.35 bits per heavy atom. The van der Waals surface area contributed by atoms with E-state index in [1.165, 1.54) is 4.88 Å². The zero-order valence-corrected chi connectivity index (χ0v) is 16.5. The fourth-order valence-corrected chi connectivity index (χ4v) is 4.59. The molecule has 2 aromatic heterocycles. The zero-order chi connectivity index (χ0) is 18.7. The molecule has 26 heavy (non-hydrogen) atoms. The highest BCUT2D eigenvalue weighted by atomic mass is 32.1. The molecule has 7 heteroatoms. The van der Waals surface area contributed by atoms with Crippen LogP contribution < -0.4 is 0 Å². The predicted molar refractivity (Wildman–Crippen MR) is 104 cm³/mol. The average Bonchev–Trinajstić information content (AvgIpc) is 3.30. The normalized spacial score (nSPS) is 17.2. The molecule has 0 unspecified atom stereocenters. The Kier molecular flexibility index (Phi) is 5.87. The van der Waals surface area contributed by atoms with Crippen LogP contribution in [-0.2, 0) is 11.4 Å². The average molecular weight is 388 g/mol. The highest BCUT2D eigenvalue weighted by Crippen LogP contribution is 2.35. The molecule has 136 valence electrons. The molecule has 0 spiro atoms. The van der Waals surface area contributed by atoms with E-state index in [9.17, 15) is 10.1 Å². The molecule has 5 nitrogen and oxygen atoms in total. The monoisotopic (exact) mass is 387 g/mol. The maximum Gasteiger partial charge on any atom is 0.339 e. The highest BCUT2D eigenvalue weighted by molar-refractivity contribution is 7.71. The summed E-state index contributed by atoms with van der Waals surface area (Å²) < 4.78 is 7.51. The van der Waals surface area contributed by atoms with Gasteiger partial charge in [-0.1, -0.05) is 18.3 Å². The van der Waals surface area contributed by atoms with E-state index in [0.29, 0.717) is 35.1 Å². The van der Waals surface area contributed by atoms with Gasteiger partial charge in [0.1, 0.15) is 10.7 Å². The van der Waals surface area contributed by atoms with Crippen molar-refractivity contribution in [1.29, 1.82) is 5.26 Å². The second-order valence-electron chi connectivity index (χ2n) is 6.25. The Labute approximate surface area is 162 Å². The number of aromatic nitrogens is 1. The molecular weight excluding hydrogens is 366 g/mol. The van der Waals surface area contributed by atoms with Crippen LogP contribution in [-0.4, -0.2) is 28.6 Å². The van der Waals surface area contributed by atoms with E-state index in [2.05, 4.69) is 28.5 Å². The number of thiophene rings is 1. The van der Waals surface area contributed by atoms with Crippen molar-refractivity contribution in [2.24, 2.45) is 0 Å². The van der Waals surface area contributed by atoms with Crippen LogP contribution in [0.15, 0.2) is 23.6 Å². The Morgan fingerprint density at radius 3 is 3.00 bits per heavy atom. The summed E-state index contributed by atoms with van der Waals surface area (Å²) in [5.41, 5.74) is 1.48. The van der Waals surface area contributed by atoms with Gasteiger partial charge in [0.25, 0.3) is 0 Å². The molecule has 0 aromatic carbocycles. The van der Waals surface area contributed by atoms with Crippen LogP contribution >= 0.6 is 23.6 Å². The largest absolute Gasteiger partial charge is 0.462 e. The number of nitriles is 1. The van der Waals surface area contributed by atoms with E-state index < -0.39 is 5.97 Å². The maximum atomic E-state index is 12.3. The van der Waals surface area contributed by atoms with E-state index in [1.807, 2.05) is 11.5 Å². The van der Waals surface area contributed by atoms with E-state index >= 15 is 0 Å². The lowest BCUT2D eigenvalue weighted by molar-refractivity contribution is 0.0523. The zero-order valence-electron chi connectivity index (χ0n) is 14.9. The first kappa shape index (κ1) is 18.8. The summed E-state index contributed by atoms with van der Waals surface area (Å²) in [7, 11) is 0. The molecule has 3 heterocycles. The lowest BCUT2D eigenvalue weighted by atomic mass is 10.1. The fraction of sp³-hybridized carbons (Fsp3) is 0.421. The van der Waals surface area contributed by atoms with Crippen molar-refractivity contribution >= 4 is 29.5 Å². The standard InChI is InChI=1S/C19H21N3O2S2/c1-3-24-19(23)15-10-14(11-20)18(25)22(13(15)2)12-21-8-4-6-16(21)17-7-5-9-26-17/h5,7,9-10,16H,3-4,6,8,12H2,1-2H3/t16-/m0/s1. The van der Waals surface area contributed by atoms with Gasteiger partial charge in [-0.25, -0.2) is 4.79 Å². The van der Waals surface area contributed by atoms with Crippen LogP contribution in [0.1, 0.15) is 52.3 Å². The van der Waals surface area contributed by atoms with Gasteiger partial charge in [-0.3, -0.25) is 4.90 Å². The topological polar surface area (TPSA) is 58.3 Å². The first-order chi connectivity index (χ1) is 12.6. The van der Waals surface area contributed by atoms with Crippen LogP contribution in [0.5, 0.6) is 0 Å². The van der Waals surface area contributed by atoms with Gasteiger partial charge < -0.3 is 9.30 Å². The Balaban J connectivity index is 1.99. The van der Waals surface area contributed by atoms with Gasteiger partial charge in [-0.2, -0.15) is 5.26 Å². The summed E-state index contributed by atoms with van der Waals surface area (Å²) in [5, 5.41) is 11.5. The first-order valence-electron chi connectivity index (χ1n) is 8.66. The maximum absolute atomic E-state index is 12.3. The lowest BCUT2D eigenvalue weighted by Gasteiger charge is -2.26. The van der Waals surface area contributed by atoms with Gasteiger partial charge in [-0.15, -0.1) is 11.3 Å². The molecule has 0 radical (unpaired) electrons. The van der Waals surface area contributed by atoms with Crippen LogP contribution in [0.25, 0.3) is 0 Å². The molecule has 1 atom stereocenters. The van der Waals surface area contributed by atoms with Crippen molar-refractivity contribution in [2.75, 3.05) is 13.2 Å². The van der Waals surface area contributed by atoms with E-state index in [-0.39, 0.29) is 0 Å². The number of esters is 1. The molecule has 1 aliphatic rings. The summed E-state index contributed by atoms with van der Waals surface area (Å²) in [6.45, 7) is 5.45. The van der Waals surface area contributed by atoms with Crippen molar-refractivity contribution in [1.82, 2.24) is 9.47 Å². The summed E-state index contributed by atoms with van der Waals surface area (Å²) in [6.07, 6.45) is 2.23. The van der Waals surface area contributed by atoms with Crippen molar-refractivity contribution in [3.05, 3.63) is 49.9 Å². The number of likely N-dealkylation sites (tertiary alicyclic amines) is 1. The second kappa shape index (κ2) is 8.12. The molecule has 3 rings (SSSR count). The minimum Gasteiger partial charge on any atom is -0.462 e. The van der Waals surface area contributed by atoms with Crippen molar-refractivity contribution in [3.8, 4) is 6.07 Å². The van der Waals surface area contributed by atoms with Crippen molar-refractivity contribution in [3.63, 3.8) is 0 Å². The van der Waals surface area contributed by atoms with E-state index in [4.69, 9.17) is 17.0 Å². The number of hydrogen-bond donors (Lipinski definition) is 0. The van der Waals surface area contributed by atoms with Gasteiger partial charge in [0.15, 0.2) is 0 Å². The summed E-state index contributed by atoms with van der Waals surface area (Å²) in [4.78, 5) is 16.0. The molecule has 1 fully saturated rings. The van der Waals surface area contributed by atoms with Gasteiger partial charge >= 0.3 is 5.97 Å². The number of nitrogens with zero attached hydrogens (tertiary/aromatic N) is 3. The van der Waals surface area contributed by atoms with Gasteiger partial charge in [-0.05, 0) is 44.2 Å². The molecule has 1 saturated heterocycles. The molecular formula is C19H21N3O2S2. The smallest absolute Gasteiger partial charge is 0.339 e. The third-order valence-corrected chi connectivity index (χ3v) is 6.15. The van der Waals surface area contributed by atoms with Gasteiger partial charge in [0.05, 0.1) is 24.4 Å². The molecule has 0 aliphatic carbocycles. The van der Waals surface area contributed by atoms with Crippen LogP contribution in [0.2, 0.25) is 0 Å². The Morgan fingerprint density at radius 1 is 1.54 bits per heavy atom. The fourth-order valence-electron chi connectivity index (χ4n) is 3.40. The molecule has 2 aromatic rings. The number of carbonyl (C=O) groups excluding carboxylic acids is 1. The number of rotatable bonds is 5. The minimum absolute atomic E-state index is 0.294. The van der Waals surface area contributed by atoms with Crippen LogP contribution in [0, 0.1) is 22.9 Å². The van der Waals surface area contributed by atoms with Gasteiger partial charge in [0.2, 0.25) is 0 Å². The number of pyridine rings is 1. The van der Waals surface area contributed by atoms with Crippen molar-refractivity contribution < 1.29 is 9.53 Å². The highest BCUT2D eigenvalue weighted by Gasteiger charge is 2.28. The predicted octanol–water partition coefficient (Wildman–Crippen LogP) is 4.43. The quantitative estimate of drug-likeness (QED) is 0.561. The number of carbonyl (C=O) groups is 1. The Bertz CT molecular complexity index is 897. The SMILES string of the molecule is CCOC(=O)c1cc(C#N)c(=S)n(CN2CCC[C@H]2c2cccs2)c1C. The second-order valence-corrected chi connectivity index (χ2v) is 7.62.